The van der Waals surface area contributed by atoms with Gasteiger partial charge in [0.05, 0.1) is 6.42 Å². The van der Waals surface area contributed by atoms with Gasteiger partial charge in [0.1, 0.15) is 0 Å². The molecule has 110 valence electrons. The molecule has 2 heterocycles. The number of pyridine rings is 1. The van der Waals surface area contributed by atoms with Crippen LogP contribution < -0.4 is 5.32 Å². The SMILES string of the molecule is CC(=O)Nc1ccccc1Cc1nc(-c2ccncc2)no1. The van der Waals surface area contributed by atoms with Gasteiger partial charge in [0, 0.05) is 30.6 Å². The lowest BCUT2D eigenvalue weighted by molar-refractivity contribution is -0.114. The lowest BCUT2D eigenvalue weighted by Crippen LogP contribution is -2.08. The molecule has 22 heavy (non-hydrogen) atoms. The number of carbonyl (C=O) groups is 1. The van der Waals surface area contributed by atoms with E-state index in [1.807, 2.05) is 36.4 Å². The number of carbonyl (C=O) groups excluding carboxylic acids is 1. The summed E-state index contributed by atoms with van der Waals surface area (Å²) in [6, 6.07) is 11.2. The van der Waals surface area contributed by atoms with Gasteiger partial charge in [-0.15, -0.1) is 0 Å². The van der Waals surface area contributed by atoms with Crippen molar-refractivity contribution in [2.75, 3.05) is 5.32 Å². The molecule has 0 radical (unpaired) electrons. The molecule has 3 rings (SSSR count). The van der Waals surface area contributed by atoms with Gasteiger partial charge in [-0.25, -0.2) is 0 Å². The average molecular weight is 294 g/mol. The molecule has 0 unspecified atom stereocenters. The number of rotatable bonds is 4. The highest BCUT2D eigenvalue weighted by Crippen LogP contribution is 2.20. The van der Waals surface area contributed by atoms with Crippen molar-refractivity contribution in [2.45, 2.75) is 13.3 Å². The quantitative estimate of drug-likeness (QED) is 0.800. The molecule has 0 atom stereocenters. The fourth-order valence-corrected chi connectivity index (χ4v) is 2.09. The van der Waals surface area contributed by atoms with Crippen LogP contribution in [0.4, 0.5) is 5.69 Å². The van der Waals surface area contributed by atoms with Gasteiger partial charge in [0.2, 0.25) is 17.6 Å². The van der Waals surface area contributed by atoms with E-state index in [1.165, 1.54) is 6.92 Å². The second-order valence-electron chi connectivity index (χ2n) is 4.76. The van der Waals surface area contributed by atoms with Crippen LogP contribution in [0.15, 0.2) is 53.3 Å². The Morgan fingerprint density at radius 2 is 1.95 bits per heavy atom. The van der Waals surface area contributed by atoms with Crippen LogP contribution in [0.1, 0.15) is 18.4 Å². The maximum absolute atomic E-state index is 11.2. The Kier molecular flexibility index (Phi) is 3.91. The molecule has 1 N–H and O–H groups in total. The second-order valence-corrected chi connectivity index (χ2v) is 4.76. The zero-order valence-electron chi connectivity index (χ0n) is 12.0. The van der Waals surface area contributed by atoms with Crippen molar-refractivity contribution >= 4 is 11.6 Å². The summed E-state index contributed by atoms with van der Waals surface area (Å²) in [5.41, 5.74) is 2.52. The maximum Gasteiger partial charge on any atom is 0.231 e. The molecule has 0 aliphatic heterocycles. The van der Waals surface area contributed by atoms with Crippen LogP contribution >= 0.6 is 0 Å². The lowest BCUT2D eigenvalue weighted by Gasteiger charge is -2.07. The molecule has 6 heteroatoms. The van der Waals surface area contributed by atoms with Crippen LogP contribution in [0.5, 0.6) is 0 Å². The highest BCUT2D eigenvalue weighted by atomic mass is 16.5. The van der Waals surface area contributed by atoms with Gasteiger partial charge in [-0.3, -0.25) is 9.78 Å². The summed E-state index contributed by atoms with van der Waals surface area (Å²) in [5, 5.41) is 6.77. The van der Waals surface area contributed by atoms with Crippen LogP contribution in [-0.2, 0) is 11.2 Å². The first-order valence-corrected chi connectivity index (χ1v) is 6.81. The van der Waals surface area contributed by atoms with Gasteiger partial charge in [0.25, 0.3) is 0 Å². The first-order chi connectivity index (χ1) is 10.7. The zero-order valence-corrected chi connectivity index (χ0v) is 12.0. The molecule has 0 aliphatic rings. The minimum absolute atomic E-state index is 0.115. The Balaban J connectivity index is 1.83. The topological polar surface area (TPSA) is 80.9 Å². The van der Waals surface area contributed by atoms with Crippen molar-refractivity contribution in [1.82, 2.24) is 15.1 Å². The molecule has 6 nitrogen and oxygen atoms in total. The van der Waals surface area contributed by atoms with E-state index in [-0.39, 0.29) is 5.91 Å². The number of nitrogens with zero attached hydrogens (tertiary/aromatic N) is 3. The number of aromatic nitrogens is 3. The molecular weight excluding hydrogens is 280 g/mol. The fourth-order valence-electron chi connectivity index (χ4n) is 2.09. The van der Waals surface area contributed by atoms with Gasteiger partial charge >= 0.3 is 0 Å². The molecule has 2 aromatic heterocycles. The number of anilines is 1. The van der Waals surface area contributed by atoms with Gasteiger partial charge in [0.15, 0.2) is 0 Å². The molecule has 0 bridgehead atoms. The van der Waals surface area contributed by atoms with Crippen molar-refractivity contribution in [3.8, 4) is 11.4 Å². The van der Waals surface area contributed by atoms with Crippen molar-refractivity contribution in [2.24, 2.45) is 0 Å². The number of nitrogens with one attached hydrogen (secondary N) is 1. The van der Waals surface area contributed by atoms with Crippen LogP contribution in [-0.4, -0.2) is 21.0 Å². The van der Waals surface area contributed by atoms with E-state index < -0.39 is 0 Å². The van der Waals surface area contributed by atoms with E-state index in [9.17, 15) is 4.79 Å². The van der Waals surface area contributed by atoms with E-state index in [0.29, 0.717) is 18.1 Å². The smallest absolute Gasteiger partial charge is 0.231 e. The minimum atomic E-state index is -0.115. The lowest BCUT2D eigenvalue weighted by atomic mass is 10.1. The van der Waals surface area contributed by atoms with Gasteiger partial charge < -0.3 is 9.84 Å². The Hall–Kier alpha value is -3.02. The Morgan fingerprint density at radius 3 is 2.73 bits per heavy atom. The highest BCUT2D eigenvalue weighted by Gasteiger charge is 2.11. The monoisotopic (exact) mass is 294 g/mol. The normalized spacial score (nSPS) is 10.4. The summed E-state index contributed by atoms with van der Waals surface area (Å²) in [6.45, 7) is 1.48. The second kappa shape index (κ2) is 6.17. The van der Waals surface area contributed by atoms with Crippen LogP contribution in [0, 0.1) is 0 Å². The molecular formula is C16H14N4O2. The van der Waals surface area contributed by atoms with Crippen molar-refractivity contribution in [3.63, 3.8) is 0 Å². The van der Waals surface area contributed by atoms with E-state index in [1.54, 1.807) is 12.4 Å². The Bertz CT molecular complexity index is 784. The molecule has 1 amide bonds. The summed E-state index contributed by atoms with van der Waals surface area (Å²) in [5.74, 6) is 0.898. The number of hydrogen-bond acceptors (Lipinski definition) is 5. The number of benzene rings is 1. The minimum Gasteiger partial charge on any atom is -0.339 e. The summed E-state index contributed by atoms with van der Waals surface area (Å²) in [6.07, 6.45) is 3.81. The number of para-hydroxylation sites is 1. The van der Waals surface area contributed by atoms with Crippen LogP contribution in [0.25, 0.3) is 11.4 Å². The third kappa shape index (κ3) is 3.17. The molecule has 0 spiro atoms. The van der Waals surface area contributed by atoms with Crippen LogP contribution in [0.3, 0.4) is 0 Å². The molecule has 3 aromatic rings. The van der Waals surface area contributed by atoms with Crippen molar-refractivity contribution in [3.05, 3.63) is 60.2 Å². The molecule has 0 fully saturated rings. The summed E-state index contributed by atoms with van der Waals surface area (Å²) in [7, 11) is 0. The number of amides is 1. The molecule has 1 aromatic carbocycles. The summed E-state index contributed by atoms with van der Waals surface area (Å²) < 4.78 is 5.29. The summed E-state index contributed by atoms with van der Waals surface area (Å²) in [4.78, 5) is 19.6. The first kappa shape index (κ1) is 13.9. The van der Waals surface area contributed by atoms with Crippen molar-refractivity contribution in [1.29, 1.82) is 0 Å². The maximum atomic E-state index is 11.2. The van der Waals surface area contributed by atoms with E-state index >= 15 is 0 Å². The predicted molar refractivity (Wildman–Crippen MR) is 81.1 cm³/mol. The van der Waals surface area contributed by atoms with Gasteiger partial charge in [-0.1, -0.05) is 23.4 Å². The Labute approximate surface area is 127 Å². The first-order valence-electron chi connectivity index (χ1n) is 6.81. The highest BCUT2D eigenvalue weighted by molar-refractivity contribution is 5.89. The average Bonchev–Trinajstić information content (AvgIpc) is 2.98. The van der Waals surface area contributed by atoms with Gasteiger partial charge in [-0.05, 0) is 23.8 Å². The van der Waals surface area contributed by atoms with Gasteiger partial charge in [-0.2, -0.15) is 4.98 Å². The standard InChI is InChI=1S/C16H14N4O2/c1-11(21)18-14-5-3-2-4-13(14)10-15-19-16(20-22-15)12-6-8-17-9-7-12/h2-9H,10H2,1H3,(H,18,21). The molecule has 0 saturated carbocycles. The predicted octanol–water partition coefficient (Wildman–Crippen LogP) is 2.68. The summed E-state index contributed by atoms with van der Waals surface area (Å²) >= 11 is 0. The zero-order chi connectivity index (χ0) is 15.4. The van der Waals surface area contributed by atoms with E-state index in [2.05, 4.69) is 20.4 Å². The van der Waals surface area contributed by atoms with E-state index in [0.717, 1.165) is 16.8 Å². The largest absolute Gasteiger partial charge is 0.339 e. The molecule has 0 saturated heterocycles. The van der Waals surface area contributed by atoms with E-state index in [4.69, 9.17) is 4.52 Å². The Morgan fingerprint density at radius 1 is 1.18 bits per heavy atom. The fraction of sp³-hybridized carbons (Fsp3) is 0.125. The third-order valence-electron chi connectivity index (χ3n) is 3.08. The third-order valence-corrected chi connectivity index (χ3v) is 3.08. The molecule has 0 aliphatic carbocycles. The van der Waals surface area contributed by atoms with Crippen LogP contribution in [0.2, 0.25) is 0 Å². The van der Waals surface area contributed by atoms with Crippen molar-refractivity contribution < 1.29 is 9.32 Å². The number of hydrogen-bond donors (Lipinski definition) is 1.